The molecular formula is C19H23NO2. The first-order valence-corrected chi connectivity index (χ1v) is 7.93. The Morgan fingerprint density at radius 2 is 1.68 bits per heavy atom. The molecule has 1 fully saturated rings. The van der Waals surface area contributed by atoms with Gasteiger partial charge in [0.15, 0.2) is 0 Å². The summed E-state index contributed by atoms with van der Waals surface area (Å²) >= 11 is 0. The van der Waals surface area contributed by atoms with Crippen LogP contribution in [0.3, 0.4) is 0 Å². The average molecular weight is 297 g/mol. The number of rotatable bonds is 4. The molecule has 1 aliphatic heterocycles. The second-order valence-electron chi connectivity index (χ2n) is 6.21. The van der Waals surface area contributed by atoms with Crippen molar-refractivity contribution in [3.05, 3.63) is 65.7 Å². The molecule has 116 valence electrons. The topological polar surface area (TPSA) is 43.7 Å². The number of likely N-dealkylation sites (tertiary alicyclic amines) is 1. The van der Waals surface area contributed by atoms with Crippen LogP contribution in [-0.4, -0.2) is 34.3 Å². The van der Waals surface area contributed by atoms with E-state index in [4.69, 9.17) is 0 Å². The normalized spacial score (nSPS) is 22.6. The minimum atomic E-state index is -0.235. The van der Waals surface area contributed by atoms with Crippen LogP contribution in [-0.2, 0) is 13.0 Å². The molecular weight excluding hydrogens is 274 g/mol. The number of hydrogen-bond acceptors (Lipinski definition) is 3. The van der Waals surface area contributed by atoms with Crippen LogP contribution in [0.25, 0.3) is 0 Å². The van der Waals surface area contributed by atoms with Crippen LogP contribution < -0.4 is 0 Å². The molecule has 3 rings (SSSR count). The van der Waals surface area contributed by atoms with E-state index >= 15 is 0 Å². The number of piperidine rings is 1. The van der Waals surface area contributed by atoms with E-state index in [2.05, 4.69) is 29.2 Å². The SMILES string of the molecule is Oc1ccc(CC2CN(Cc3ccccc3)CCC2O)cc1. The predicted octanol–water partition coefficient (Wildman–Crippen LogP) is 2.82. The van der Waals surface area contributed by atoms with Gasteiger partial charge in [-0.1, -0.05) is 42.5 Å². The van der Waals surface area contributed by atoms with Gasteiger partial charge in [0, 0.05) is 25.6 Å². The largest absolute Gasteiger partial charge is 0.508 e. The first kappa shape index (κ1) is 15.1. The van der Waals surface area contributed by atoms with Gasteiger partial charge in [0.05, 0.1) is 6.10 Å². The zero-order valence-electron chi connectivity index (χ0n) is 12.7. The third-order valence-corrected chi connectivity index (χ3v) is 4.46. The average Bonchev–Trinajstić information content (AvgIpc) is 2.54. The summed E-state index contributed by atoms with van der Waals surface area (Å²) in [4.78, 5) is 2.42. The number of hydrogen-bond donors (Lipinski definition) is 2. The van der Waals surface area contributed by atoms with Crippen LogP contribution in [0.1, 0.15) is 17.5 Å². The van der Waals surface area contributed by atoms with Gasteiger partial charge >= 0.3 is 0 Å². The zero-order valence-corrected chi connectivity index (χ0v) is 12.7. The Morgan fingerprint density at radius 3 is 2.41 bits per heavy atom. The summed E-state index contributed by atoms with van der Waals surface area (Å²) in [6, 6.07) is 17.8. The number of aromatic hydroxyl groups is 1. The van der Waals surface area contributed by atoms with Gasteiger partial charge in [-0.3, -0.25) is 4.90 Å². The van der Waals surface area contributed by atoms with Gasteiger partial charge in [0.25, 0.3) is 0 Å². The summed E-state index contributed by atoms with van der Waals surface area (Å²) in [5, 5.41) is 19.7. The summed E-state index contributed by atoms with van der Waals surface area (Å²) in [6.45, 7) is 2.80. The molecule has 1 heterocycles. The maximum absolute atomic E-state index is 10.3. The molecule has 0 aromatic heterocycles. The van der Waals surface area contributed by atoms with Gasteiger partial charge in [0.1, 0.15) is 5.75 Å². The first-order valence-electron chi connectivity index (χ1n) is 7.93. The smallest absolute Gasteiger partial charge is 0.115 e. The van der Waals surface area contributed by atoms with E-state index in [1.807, 2.05) is 18.2 Å². The van der Waals surface area contributed by atoms with E-state index in [0.29, 0.717) is 5.75 Å². The lowest BCUT2D eigenvalue weighted by molar-refractivity contribution is 0.0239. The Morgan fingerprint density at radius 1 is 0.955 bits per heavy atom. The van der Waals surface area contributed by atoms with E-state index in [1.165, 1.54) is 11.1 Å². The number of phenols is 1. The van der Waals surface area contributed by atoms with Gasteiger partial charge in [0.2, 0.25) is 0 Å². The zero-order chi connectivity index (χ0) is 15.4. The third-order valence-electron chi connectivity index (χ3n) is 4.46. The second-order valence-corrected chi connectivity index (χ2v) is 6.21. The van der Waals surface area contributed by atoms with Crippen molar-refractivity contribution in [2.45, 2.75) is 25.5 Å². The van der Waals surface area contributed by atoms with Crippen LogP contribution >= 0.6 is 0 Å². The van der Waals surface area contributed by atoms with Crippen molar-refractivity contribution in [2.75, 3.05) is 13.1 Å². The Balaban J connectivity index is 1.62. The fourth-order valence-corrected chi connectivity index (χ4v) is 3.22. The van der Waals surface area contributed by atoms with Gasteiger partial charge in [-0.2, -0.15) is 0 Å². The van der Waals surface area contributed by atoms with Crippen molar-refractivity contribution >= 4 is 0 Å². The molecule has 2 unspecified atom stereocenters. The van der Waals surface area contributed by atoms with Crippen LogP contribution in [0.2, 0.25) is 0 Å². The van der Waals surface area contributed by atoms with Crippen molar-refractivity contribution in [1.29, 1.82) is 0 Å². The Bertz CT molecular complexity index is 582. The highest BCUT2D eigenvalue weighted by atomic mass is 16.3. The molecule has 2 atom stereocenters. The highest BCUT2D eigenvalue weighted by Gasteiger charge is 2.27. The Kier molecular flexibility index (Phi) is 4.76. The van der Waals surface area contributed by atoms with Crippen molar-refractivity contribution in [1.82, 2.24) is 4.90 Å². The van der Waals surface area contributed by atoms with E-state index in [0.717, 1.165) is 32.5 Å². The first-order chi connectivity index (χ1) is 10.7. The number of benzene rings is 2. The molecule has 2 aromatic carbocycles. The second kappa shape index (κ2) is 6.95. The standard InChI is InChI=1S/C19H23NO2/c21-18-8-6-15(7-9-18)12-17-14-20(11-10-19(17)22)13-16-4-2-1-3-5-16/h1-9,17,19,21-22H,10-14H2. The minimum absolute atomic E-state index is 0.235. The molecule has 0 bridgehead atoms. The molecule has 1 aliphatic rings. The monoisotopic (exact) mass is 297 g/mol. The molecule has 2 N–H and O–H groups in total. The number of aliphatic hydroxyl groups excluding tert-OH is 1. The van der Waals surface area contributed by atoms with E-state index < -0.39 is 0 Å². The summed E-state index contributed by atoms with van der Waals surface area (Å²) < 4.78 is 0. The lowest BCUT2D eigenvalue weighted by atomic mass is 9.88. The summed E-state index contributed by atoms with van der Waals surface area (Å²) in [6.07, 6.45) is 1.45. The van der Waals surface area contributed by atoms with Crippen LogP contribution in [0.15, 0.2) is 54.6 Å². The van der Waals surface area contributed by atoms with E-state index in [9.17, 15) is 10.2 Å². The minimum Gasteiger partial charge on any atom is -0.508 e. The Hall–Kier alpha value is -1.84. The molecule has 0 amide bonds. The van der Waals surface area contributed by atoms with Gasteiger partial charge in [-0.05, 0) is 36.1 Å². The molecule has 1 saturated heterocycles. The third kappa shape index (κ3) is 3.87. The van der Waals surface area contributed by atoms with Crippen LogP contribution in [0, 0.1) is 5.92 Å². The molecule has 3 nitrogen and oxygen atoms in total. The van der Waals surface area contributed by atoms with Crippen LogP contribution in [0.4, 0.5) is 0 Å². The van der Waals surface area contributed by atoms with E-state index in [1.54, 1.807) is 12.1 Å². The molecule has 0 spiro atoms. The molecule has 3 heteroatoms. The van der Waals surface area contributed by atoms with Crippen molar-refractivity contribution < 1.29 is 10.2 Å². The highest BCUT2D eigenvalue weighted by Crippen LogP contribution is 2.23. The lowest BCUT2D eigenvalue weighted by Crippen LogP contribution is -2.43. The quantitative estimate of drug-likeness (QED) is 0.912. The summed E-state index contributed by atoms with van der Waals surface area (Å²) in [5.41, 5.74) is 2.49. The van der Waals surface area contributed by atoms with Gasteiger partial charge in [-0.25, -0.2) is 0 Å². The molecule has 2 aromatic rings. The van der Waals surface area contributed by atoms with Crippen molar-refractivity contribution in [3.63, 3.8) is 0 Å². The van der Waals surface area contributed by atoms with Gasteiger partial charge < -0.3 is 10.2 Å². The summed E-state index contributed by atoms with van der Waals surface area (Å²) in [5.74, 6) is 0.542. The Labute approximate surface area is 131 Å². The maximum atomic E-state index is 10.3. The van der Waals surface area contributed by atoms with Crippen molar-refractivity contribution in [3.8, 4) is 5.75 Å². The molecule has 0 aliphatic carbocycles. The van der Waals surface area contributed by atoms with Crippen LogP contribution in [0.5, 0.6) is 5.75 Å². The summed E-state index contributed by atoms with van der Waals surface area (Å²) in [7, 11) is 0. The number of nitrogens with zero attached hydrogens (tertiary/aromatic N) is 1. The fourth-order valence-electron chi connectivity index (χ4n) is 3.22. The number of aliphatic hydroxyl groups is 1. The van der Waals surface area contributed by atoms with Gasteiger partial charge in [-0.15, -0.1) is 0 Å². The predicted molar refractivity (Wildman–Crippen MR) is 87.6 cm³/mol. The van der Waals surface area contributed by atoms with Crippen molar-refractivity contribution in [2.24, 2.45) is 5.92 Å². The maximum Gasteiger partial charge on any atom is 0.115 e. The molecule has 0 radical (unpaired) electrons. The highest BCUT2D eigenvalue weighted by molar-refractivity contribution is 5.26. The molecule has 0 saturated carbocycles. The molecule has 22 heavy (non-hydrogen) atoms. The van der Waals surface area contributed by atoms with E-state index in [-0.39, 0.29) is 12.0 Å². The lowest BCUT2D eigenvalue weighted by Gasteiger charge is -2.36. The fraction of sp³-hybridized carbons (Fsp3) is 0.368. The number of phenolic OH excluding ortho intramolecular Hbond substituents is 1.